The van der Waals surface area contributed by atoms with Crippen LogP contribution in [0.5, 0.6) is 5.75 Å². The highest BCUT2D eigenvalue weighted by Gasteiger charge is 2.16. The van der Waals surface area contributed by atoms with Crippen LogP contribution >= 0.6 is 0 Å². The summed E-state index contributed by atoms with van der Waals surface area (Å²) in [5.74, 6) is -1.39. The summed E-state index contributed by atoms with van der Waals surface area (Å²) in [7, 11) is 0. The number of aromatic hydroxyl groups is 1. The average Bonchev–Trinajstić information content (AvgIpc) is 2.80. The number of carbonyl (C=O) groups excluding carboxylic acids is 2. The molecule has 1 aromatic heterocycles. The number of ether oxygens (including phenoxy) is 1. The maximum absolute atomic E-state index is 12.5. The second-order valence-electron chi connectivity index (χ2n) is 6.67. The third-order valence-corrected chi connectivity index (χ3v) is 4.70. The van der Waals surface area contributed by atoms with Crippen LogP contribution in [0.1, 0.15) is 20.7 Å². The largest absolute Gasteiger partial charge is 0.503 e. The van der Waals surface area contributed by atoms with Crippen LogP contribution in [0, 0.1) is 0 Å². The summed E-state index contributed by atoms with van der Waals surface area (Å²) < 4.78 is 5.13. The number of nitrogens with one attached hydrogen (secondary N) is 1. The fourth-order valence-corrected chi connectivity index (χ4v) is 3.14. The smallest absolute Gasteiger partial charge is 0.338 e. The predicted molar refractivity (Wildman–Crippen MR) is 113 cm³/mol. The van der Waals surface area contributed by atoms with Gasteiger partial charge in [0.2, 0.25) is 5.43 Å². The van der Waals surface area contributed by atoms with Crippen LogP contribution in [0.25, 0.3) is 22.2 Å². The number of carbonyl (C=O) groups is 2. The van der Waals surface area contributed by atoms with Crippen LogP contribution in [0.4, 0.5) is 0 Å². The van der Waals surface area contributed by atoms with Crippen LogP contribution in [-0.2, 0) is 4.74 Å². The third kappa shape index (κ3) is 3.71. The predicted octanol–water partition coefficient (Wildman–Crippen LogP) is 3.94. The molecule has 0 aliphatic carbocycles. The Morgan fingerprint density at radius 3 is 2.23 bits per heavy atom. The van der Waals surface area contributed by atoms with Gasteiger partial charge in [-0.2, -0.15) is 0 Å². The molecule has 4 rings (SSSR count). The molecule has 30 heavy (non-hydrogen) atoms. The van der Waals surface area contributed by atoms with Gasteiger partial charge in [-0.25, -0.2) is 4.79 Å². The van der Waals surface area contributed by atoms with Gasteiger partial charge in [0, 0.05) is 16.5 Å². The first-order valence-corrected chi connectivity index (χ1v) is 9.24. The number of aromatic nitrogens is 1. The second-order valence-corrected chi connectivity index (χ2v) is 6.67. The van der Waals surface area contributed by atoms with Crippen molar-refractivity contribution < 1.29 is 19.4 Å². The quantitative estimate of drug-likeness (QED) is 0.391. The van der Waals surface area contributed by atoms with Crippen molar-refractivity contribution in [2.75, 3.05) is 6.61 Å². The Morgan fingerprint density at radius 2 is 1.53 bits per heavy atom. The molecule has 4 aromatic rings. The van der Waals surface area contributed by atoms with Crippen molar-refractivity contribution in [1.82, 2.24) is 4.98 Å². The molecule has 0 aliphatic heterocycles. The minimum Gasteiger partial charge on any atom is -0.503 e. The molecule has 0 amide bonds. The Balaban J connectivity index is 1.62. The second kappa shape index (κ2) is 8.05. The van der Waals surface area contributed by atoms with Crippen molar-refractivity contribution in [2.24, 2.45) is 0 Å². The van der Waals surface area contributed by atoms with Gasteiger partial charge in [-0.05, 0) is 18.2 Å². The number of benzene rings is 3. The van der Waals surface area contributed by atoms with E-state index >= 15 is 0 Å². The van der Waals surface area contributed by atoms with Crippen LogP contribution in [0.2, 0.25) is 0 Å². The zero-order valence-corrected chi connectivity index (χ0v) is 15.8. The van der Waals surface area contributed by atoms with Gasteiger partial charge in [-0.15, -0.1) is 0 Å². The maximum Gasteiger partial charge on any atom is 0.338 e. The fraction of sp³-hybridized carbons (Fsp3) is 0.0417. The van der Waals surface area contributed by atoms with E-state index in [-0.39, 0.29) is 29.0 Å². The molecular weight excluding hydrogens is 382 g/mol. The van der Waals surface area contributed by atoms with E-state index in [4.69, 9.17) is 4.74 Å². The summed E-state index contributed by atoms with van der Waals surface area (Å²) in [5.41, 5.74) is 1.37. The summed E-state index contributed by atoms with van der Waals surface area (Å²) in [6.45, 7) is -0.387. The molecule has 2 N–H and O–H groups in total. The van der Waals surface area contributed by atoms with Crippen molar-refractivity contribution in [3.8, 4) is 17.0 Å². The number of Topliss-reactive ketones (excluding diaryl/α,β-unsaturated/α-hetero) is 1. The molecule has 6 heteroatoms. The van der Waals surface area contributed by atoms with E-state index in [1.807, 2.05) is 6.07 Å². The number of aromatic amines is 1. The molecule has 148 valence electrons. The summed E-state index contributed by atoms with van der Waals surface area (Å²) in [6, 6.07) is 21.8. The number of pyridine rings is 1. The van der Waals surface area contributed by atoms with E-state index in [9.17, 15) is 19.5 Å². The Bertz CT molecular complexity index is 1290. The van der Waals surface area contributed by atoms with E-state index in [0.717, 1.165) is 0 Å². The van der Waals surface area contributed by atoms with Crippen molar-refractivity contribution in [3.63, 3.8) is 0 Å². The Morgan fingerprint density at radius 1 is 0.867 bits per heavy atom. The molecule has 0 saturated carbocycles. The van der Waals surface area contributed by atoms with E-state index in [0.29, 0.717) is 16.6 Å². The topological polar surface area (TPSA) is 96.5 Å². The molecule has 0 aliphatic rings. The number of fused-ring (bicyclic) bond motifs is 1. The molecular formula is C24H17NO5. The highest BCUT2D eigenvalue weighted by atomic mass is 16.5. The van der Waals surface area contributed by atoms with Crippen LogP contribution in [0.15, 0.2) is 83.7 Å². The molecule has 1 heterocycles. The first kappa shape index (κ1) is 19.1. The van der Waals surface area contributed by atoms with Gasteiger partial charge < -0.3 is 14.8 Å². The standard InChI is InChI=1S/C24H17NO5/c26-20(15-7-3-1-4-8-15)14-30-24(29)17-11-12-18-19(13-17)25-21(23(28)22(18)27)16-9-5-2-6-10-16/h1-13,28H,14H2,(H,25,27). The van der Waals surface area contributed by atoms with Gasteiger partial charge in [-0.1, -0.05) is 60.7 Å². The summed E-state index contributed by atoms with van der Waals surface area (Å²) >= 11 is 0. The van der Waals surface area contributed by atoms with Gasteiger partial charge in [0.15, 0.2) is 18.1 Å². The number of rotatable bonds is 5. The van der Waals surface area contributed by atoms with E-state index in [1.54, 1.807) is 54.6 Å². The Kier molecular flexibility index (Phi) is 5.13. The number of H-pyrrole nitrogens is 1. The lowest BCUT2D eigenvalue weighted by atomic mass is 10.1. The van der Waals surface area contributed by atoms with Crippen molar-refractivity contribution in [2.45, 2.75) is 0 Å². The minimum atomic E-state index is -0.684. The maximum atomic E-state index is 12.5. The zero-order valence-electron chi connectivity index (χ0n) is 15.8. The molecule has 0 unspecified atom stereocenters. The first-order valence-electron chi connectivity index (χ1n) is 9.24. The van der Waals surface area contributed by atoms with E-state index in [1.165, 1.54) is 18.2 Å². The summed E-state index contributed by atoms with van der Waals surface area (Å²) in [5, 5.41) is 10.5. The summed E-state index contributed by atoms with van der Waals surface area (Å²) in [6.07, 6.45) is 0. The number of hydrogen-bond donors (Lipinski definition) is 2. The first-order chi connectivity index (χ1) is 14.5. The highest BCUT2D eigenvalue weighted by Crippen LogP contribution is 2.26. The fourth-order valence-electron chi connectivity index (χ4n) is 3.14. The molecule has 3 aromatic carbocycles. The average molecular weight is 399 g/mol. The minimum absolute atomic E-state index is 0.184. The lowest BCUT2D eigenvalue weighted by Crippen LogP contribution is -2.14. The Labute approximate surface area is 171 Å². The molecule has 0 atom stereocenters. The lowest BCUT2D eigenvalue weighted by Gasteiger charge is -2.09. The molecule has 0 spiro atoms. The van der Waals surface area contributed by atoms with Gasteiger partial charge >= 0.3 is 5.97 Å². The van der Waals surface area contributed by atoms with Crippen LogP contribution in [0.3, 0.4) is 0 Å². The van der Waals surface area contributed by atoms with Gasteiger partial charge in [0.25, 0.3) is 0 Å². The monoisotopic (exact) mass is 399 g/mol. The third-order valence-electron chi connectivity index (χ3n) is 4.70. The number of ketones is 1. The molecule has 0 saturated heterocycles. The molecule has 0 radical (unpaired) electrons. The van der Waals surface area contributed by atoms with E-state index < -0.39 is 17.1 Å². The van der Waals surface area contributed by atoms with Crippen molar-refractivity contribution in [1.29, 1.82) is 0 Å². The molecule has 6 nitrogen and oxygen atoms in total. The molecule has 0 bridgehead atoms. The van der Waals surface area contributed by atoms with Crippen LogP contribution in [-0.4, -0.2) is 28.4 Å². The summed E-state index contributed by atoms with van der Waals surface area (Å²) in [4.78, 5) is 40.1. The number of hydrogen-bond acceptors (Lipinski definition) is 5. The normalized spacial score (nSPS) is 10.7. The van der Waals surface area contributed by atoms with Gasteiger partial charge in [0.1, 0.15) is 0 Å². The Hall–Kier alpha value is -4.19. The van der Waals surface area contributed by atoms with Crippen LogP contribution < -0.4 is 5.43 Å². The SMILES string of the molecule is O=C(COC(=O)c1ccc2c(=O)c(O)c(-c3ccccc3)[nH]c2c1)c1ccccc1. The number of esters is 1. The van der Waals surface area contributed by atoms with Gasteiger partial charge in [0.05, 0.1) is 16.8 Å². The van der Waals surface area contributed by atoms with E-state index in [2.05, 4.69) is 4.98 Å². The van der Waals surface area contributed by atoms with Crippen molar-refractivity contribution >= 4 is 22.7 Å². The lowest BCUT2D eigenvalue weighted by molar-refractivity contribution is 0.0475. The molecule has 0 fully saturated rings. The highest BCUT2D eigenvalue weighted by molar-refractivity contribution is 6.00. The zero-order chi connectivity index (χ0) is 21.1. The van der Waals surface area contributed by atoms with Crippen molar-refractivity contribution in [3.05, 3.63) is 100 Å². The van der Waals surface area contributed by atoms with Gasteiger partial charge in [-0.3, -0.25) is 9.59 Å².